The highest BCUT2D eigenvalue weighted by molar-refractivity contribution is 5.95. The first kappa shape index (κ1) is 17.4. The first-order valence-corrected chi connectivity index (χ1v) is 8.78. The summed E-state index contributed by atoms with van der Waals surface area (Å²) in [6.07, 6.45) is -0.591. The molecule has 2 saturated heterocycles. The number of nitrogens with zero attached hydrogens (tertiary/aromatic N) is 2. The quantitative estimate of drug-likeness (QED) is 0.827. The molecule has 0 aromatic heterocycles. The topological polar surface area (TPSA) is 68.3 Å². The Morgan fingerprint density at radius 3 is 2.48 bits per heavy atom. The molecule has 2 amide bonds. The van der Waals surface area contributed by atoms with Crippen LogP contribution < -0.4 is 9.80 Å². The van der Waals surface area contributed by atoms with Crippen LogP contribution >= 0.6 is 0 Å². The van der Waals surface area contributed by atoms with E-state index in [-0.39, 0.29) is 31.7 Å². The molecule has 4 rings (SSSR count). The zero-order valence-electron chi connectivity index (χ0n) is 14.9. The molecular formula is C20H20N2O5. The number of hydrogen-bond donors (Lipinski definition) is 0. The maximum atomic E-state index is 13.0. The van der Waals surface area contributed by atoms with Crippen LogP contribution in [0.5, 0.6) is 5.75 Å². The van der Waals surface area contributed by atoms with Crippen molar-refractivity contribution < 1.29 is 23.9 Å². The Morgan fingerprint density at radius 2 is 1.85 bits per heavy atom. The van der Waals surface area contributed by atoms with Crippen molar-refractivity contribution in [2.24, 2.45) is 5.92 Å². The van der Waals surface area contributed by atoms with E-state index in [0.717, 1.165) is 17.0 Å². The van der Waals surface area contributed by atoms with E-state index in [1.165, 1.54) is 4.90 Å². The number of cyclic esters (lactones) is 1. The predicted octanol–water partition coefficient (Wildman–Crippen LogP) is 2.78. The maximum absolute atomic E-state index is 13.0. The summed E-state index contributed by atoms with van der Waals surface area (Å²) < 4.78 is 10.2. The molecule has 0 aliphatic carbocycles. The molecule has 27 heavy (non-hydrogen) atoms. The number of imide groups is 1. The highest BCUT2D eigenvalue weighted by Crippen LogP contribution is 2.40. The third kappa shape index (κ3) is 3.21. The average molecular weight is 368 g/mol. The van der Waals surface area contributed by atoms with Gasteiger partial charge in [-0.05, 0) is 29.8 Å². The smallest absolute Gasteiger partial charge is 0.416 e. The number of methoxy groups -OCH3 is 1. The fraction of sp³-hybridized carbons (Fsp3) is 0.300. The summed E-state index contributed by atoms with van der Waals surface area (Å²) in [6.45, 7) is 0.691. The molecule has 7 nitrogen and oxygen atoms in total. The van der Waals surface area contributed by atoms with Gasteiger partial charge in [0.2, 0.25) is 5.91 Å². The van der Waals surface area contributed by atoms with Gasteiger partial charge in [-0.2, -0.15) is 0 Å². The summed E-state index contributed by atoms with van der Waals surface area (Å²) in [5.41, 5.74) is 1.75. The number of ether oxygens (including phenoxy) is 2. The molecule has 0 radical (unpaired) electrons. The van der Waals surface area contributed by atoms with Crippen LogP contribution in [0.3, 0.4) is 0 Å². The molecule has 0 saturated carbocycles. The van der Waals surface area contributed by atoms with Crippen LogP contribution in [0.4, 0.5) is 10.5 Å². The molecule has 2 heterocycles. The van der Waals surface area contributed by atoms with E-state index >= 15 is 0 Å². The van der Waals surface area contributed by atoms with Crippen molar-refractivity contribution >= 4 is 17.7 Å². The van der Waals surface area contributed by atoms with Gasteiger partial charge in [0.1, 0.15) is 12.4 Å². The Labute approximate surface area is 157 Å². The van der Waals surface area contributed by atoms with Gasteiger partial charge in [0, 0.05) is 0 Å². The Bertz CT molecular complexity index is 824. The Morgan fingerprint density at radius 1 is 1.11 bits per heavy atom. The number of amides is 2. The van der Waals surface area contributed by atoms with Crippen LogP contribution in [0, 0.1) is 5.92 Å². The zero-order chi connectivity index (χ0) is 18.8. The summed E-state index contributed by atoms with van der Waals surface area (Å²) in [7, 11) is 1.61. The zero-order valence-corrected chi connectivity index (χ0v) is 14.9. The van der Waals surface area contributed by atoms with Gasteiger partial charge in [-0.3, -0.25) is 9.63 Å². The standard InChI is InChI=1S/C20H20N2O5/c1-25-16-9-7-14(8-10-16)18-17(19(23)21-11-12-26-20(21)24)13-27-22(18)15-5-3-2-4-6-15/h2-10,17-18H,11-13H2,1H3/t17-,18+/m1/s1. The van der Waals surface area contributed by atoms with Gasteiger partial charge < -0.3 is 9.47 Å². The average Bonchev–Trinajstić information content (AvgIpc) is 3.35. The minimum atomic E-state index is -0.591. The van der Waals surface area contributed by atoms with Crippen molar-refractivity contribution in [2.75, 3.05) is 31.9 Å². The van der Waals surface area contributed by atoms with Gasteiger partial charge in [-0.25, -0.2) is 14.8 Å². The third-order valence-electron chi connectivity index (χ3n) is 4.84. The van der Waals surface area contributed by atoms with Crippen molar-refractivity contribution in [2.45, 2.75) is 6.04 Å². The first-order valence-electron chi connectivity index (χ1n) is 8.78. The summed E-state index contributed by atoms with van der Waals surface area (Å²) >= 11 is 0. The molecule has 0 N–H and O–H groups in total. The van der Waals surface area contributed by atoms with Crippen LogP contribution in [-0.4, -0.2) is 43.8 Å². The second-order valence-corrected chi connectivity index (χ2v) is 6.39. The molecule has 140 valence electrons. The number of benzene rings is 2. The number of rotatable bonds is 4. The summed E-state index contributed by atoms with van der Waals surface area (Å²) in [6, 6.07) is 16.8. The van der Waals surface area contributed by atoms with Crippen molar-refractivity contribution in [1.29, 1.82) is 0 Å². The highest BCUT2D eigenvalue weighted by atomic mass is 16.7. The summed E-state index contributed by atoms with van der Waals surface area (Å²) in [4.78, 5) is 32.0. The number of hydroxylamine groups is 1. The normalized spacial score (nSPS) is 22.0. The highest BCUT2D eigenvalue weighted by Gasteiger charge is 2.45. The van der Waals surface area contributed by atoms with Gasteiger partial charge in [0.15, 0.2) is 0 Å². The molecule has 2 aliphatic heterocycles. The lowest BCUT2D eigenvalue weighted by atomic mass is 9.92. The minimum absolute atomic E-state index is 0.189. The Hall–Kier alpha value is -3.06. The van der Waals surface area contributed by atoms with E-state index in [1.807, 2.05) is 54.6 Å². The van der Waals surface area contributed by atoms with Gasteiger partial charge in [-0.15, -0.1) is 0 Å². The first-order chi connectivity index (χ1) is 13.2. The molecule has 2 fully saturated rings. The summed E-state index contributed by atoms with van der Waals surface area (Å²) in [5, 5.41) is 1.74. The van der Waals surface area contributed by atoms with Crippen molar-refractivity contribution in [1.82, 2.24) is 4.90 Å². The number of carbonyl (C=O) groups is 2. The fourth-order valence-electron chi connectivity index (χ4n) is 3.47. The van der Waals surface area contributed by atoms with E-state index in [2.05, 4.69) is 0 Å². The van der Waals surface area contributed by atoms with Gasteiger partial charge >= 0.3 is 6.09 Å². The molecule has 0 unspecified atom stereocenters. The maximum Gasteiger partial charge on any atom is 0.416 e. The van der Waals surface area contributed by atoms with Crippen molar-refractivity contribution in [3.05, 3.63) is 60.2 Å². The number of anilines is 1. The van der Waals surface area contributed by atoms with Crippen LogP contribution in [0.25, 0.3) is 0 Å². The minimum Gasteiger partial charge on any atom is -0.497 e. The van der Waals surface area contributed by atoms with E-state index in [9.17, 15) is 9.59 Å². The van der Waals surface area contributed by atoms with Crippen LogP contribution in [0.1, 0.15) is 11.6 Å². The molecule has 0 bridgehead atoms. The summed E-state index contributed by atoms with van der Waals surface area (Å²) in [5.74, 6) is -0.0732. The van der Waals surface area contributed by atoms with Crippen LogP contribution in [0.2, 0.25) is 0 Å². The number of carbonyl (C=O) groups excluding carboxylic acids is 2. The lowest BCUT2D eigenvalue weighted by Crippen LogP contribution is -2.40. The van der Waals surface area contributed by atoms with E-state index in [4.69, 9.17) is 14.3 Å². The van der Waals surface area contributed by atoms with E-state index in [0.29, 0.717) is 0 Å². The molecule has 2 aromatic rings. The van der Waals surface area contributed by atoms with Gasteiger partial charge in [0.05, 0.1) is 37.9 Å². The van der Waals surface area contributed by atoms with Crippen LogP contribution in [0.15, 0.2) is 54.6 Å². The Kier molecular flexibility index (Phi) is 4.68. The number of hydrogen-bond acceptors (Lipinski definition) is 6. The molecule has 2 aliphatic rings. The molecule has 0 spiro atoms. The SMILES string of the molecule is COc1ccc([C@H]2[C@H](C(=O)N3CCOC3=O)CON2c2ccccc2)cc1. The predicted molar refractivity (Wildman–Crippen MR) is 97.2 cm³/mol. The molecular weight excluding hydrogens is 348 g/mol. The molecule has 2 atom stereocenters. The number of para-hydroxylation sites is 1. The molecule has 2 aromatic carbocycles. The monoisotopic (exact) mass is 368 g/mol. The fourth-order valence-corrected chi connectivity index (χ4v) is 3.47. The second-order valence-electron chi connectivity index (χ2n) is 6.39. The largest absolute Gasteiger partial charge is 0.497 e. The van der Waals surface area contributed by atoms with E-state index in [1.54, 1.807) is 12.2 Å². The van der Waals surface area contributed by atoms with Crippen molar-refractivity contribution in [3.8, 4) is 5.75 Å². The van der Waals surface area contributed by atoms with Gasteiger partial charge in [0.25, 0.3) is 0 Å². The lowest BCUT2D eigenvalue weighted by Gasteiger charge is -2.28. The Balaban J connectivity index is 1.69. The van der Waals surface area contributed by atoms with Crippen LogP contribution in [-0.2, 0) is 14.4 Å². The second kappa shape index (κ2) is 7.28. The van der Waals surface area contributed by atoms with Crippen molar-refractivity contribution in [3.63, 3.8) is 0 Å². The van der Waals surface area contributed by atoms with Gasteiger partial charge in [-0.1, -0.05) is 30.3 Å². The van der Waals surface area contributed by atoms with E-state index < -0.39 is 12.0 Å². The molecule has 7 heteroatoms. The lowest BCUT2D eigenvalue weighted by molar-refractivity contribution is -0.132. The third-order valence-corrected chi connectivity index (χ3v) is 4.84.